The van der Waals surface area contributed by atoms with Crippen LogP contribution in [0.25, 0.3) is 0 Å². The fraction of sp³-hybridized carbons (Fsp3) is 0.538. The Labute approximate surface area is 111 Å². The number of nitrogen functional groups attached to an aromatic ring is 1. The summed E-state index contributed by atoms with van der Waals surface area (Å²) in [5, 5.41) is 0. The molecular formula is C13H19F3N2O. The van der Waals surface area contributed by atoms with Crippen molar-refractivity contribution in [3.05, 3.63) is 23.8 Å². The summed E-state index contributed by atoms with van der Waals surface area (Å²) in [6.07, 6.45) is -4.33. The third-order valence-electron chi connectivity index (χ3n) is 2.66. The highest BCUT2D eigenvalue weighted by molar-refractivity contribution is 5.59. The van der Waals surface area contributed by atoms with E-state index in [4.69, 9.17) is 10.5 Å². The first-order chi connectivity index (χ1) is 8.71. The SMILES string of the molecule is CC(C)OCCN(C)c1ccc(N)c(C(F)(F)F)c1. The summed E-state index contributed by atoms with van der Waals surface area (Å²) in [7, 11) is 1.72. The summed E-state index contributed by atoms with van der Waals surface area (Å²) in [5.74, 6) is 0. The topological polar surface area (TPSA) is 38.5 Å². The number of nitrogens with zero attached hydrogens (tertiary/aromatic N) is 1. The first kappa shape index (κ1) is 15.6. The number of ether oxygens (including phenoxy) is 1. The van der Waals surface area contributed by atoms with Crippen molar-refractivity contribution < 1.29 is 17.9 Å². The molecule has 0 radical (unpaired) electrons. The summed E-state index contributed by atoms with van der Waals surface area (Å²) in [5.41, 5.74) is 4.75. The van der Waals surface area contributed by atoms with Gasteiger partial charge < -0.3 is 15.4 Å². The van der Waals surface area contributed by atoms with Crippen molar-refractivity contribution in [3.8, 4) is 0 Å². The van der Waals surface area contributed by atoms with Crippen molar-refractivity contribution in [3.63, 3.8) is 0 Å². The number of hydrogen-bond acceptors (Lipinski definition) is 3. The lowest BCUT2D eigenvalue weighted by Gasteiger charge is -2.22. The maximum atomic E-state index is 12.7. The third-order valence-corrected chi connectivity index (χ3v) is 2.66. The second-order valence-electron chi connectivity index (χ2n) is 4.61. The van der Waals surface area contributed by atoms with Gasteiger partial charge in [0.1, 0.15) is 0 Å². The van der Waals surface area contributed by atoms with Crippen LogP contribution in [-0.4, -0.2) is 26.3 Å². The summed E-state index contributed by atoms with van der Waals surface area (Å²) in [6.45, 7) is 4.79. The molecule has 0 unspecified atom stereocenters. The zero-order valence-corrected chi connectivity index (χ0v) is 11.3. The minimum atomic E-state index is -4.44. The van der Waals surface area contributed by atoms with Gasteiger partial charge in [0.05, 0.1) is 18.3 Å². The standard InChI is InChI=1S/C13H19F3N2O/c1-9(2)19-7-6-18(3)10-4-5-12(17)11(8-10)13(14,15)16/h4-5,8-9H,6-7,17H2,1-3H3. The second-order valence-corrected chi connectivity index (χ2v) is 4.61. The van der Waals surface area contributed by atoms with Crippen LogP contribution < -0.4 is 10.6 Å². The number of rotatable bonds is 5. The quantitative estimate of drug-likeness (QED) is 0.840. The number of hydrogen-bond donors (Lipinski definition) is 1. The van der Waals surface area contributed by atoms with Crippen LogP contribution in [0.1, 0.15) is 19.4 Å². The first-order valence-corrected chi connectivity index (χ1v) is 6.01. The average Bonchev–Trinajstić information content (AvgIpc) is 2.27. The van der Waals surface area contributed by atoms with Crippen LogP contribution in [0, 0.1) is 0 Å². The molecule has 0 spiro atoms. The fourth-order valence-corrected chi connectivity index (χ4v) is 1.58. The van der Waals surface area contributed by atoms with Crippen molar-refractivity contribution in [1.29, 1.82) is 0 Å². The maximum absolute atomic E-state index is 12.7. The minimum Gasteiger partial charge on any atom is -0.398 e. The molecule has 3 nitrogen and oxygen atoms in total. The lowest BCUT2D eigenvalue weighted by Crippen LogP contribution is -2.24. The summed E-state index contributed by atoms with van der Waals surface area (Å²) in [4.78, 5) is 1.71. The molecule has 0 saturated carbocycles. The molecule has 0 atom stereocenters. The van der Waals surface area contributed by atoms with Crippen molar-refractivity contribution >= 4 is 11.4 Å². The molecule has 0 aliphatic rings. The van der Waals surface area contributed by atoms with E-state index in [-0.39, 0.29) is 11.8 Å². The number of alkyl halides is 3. The van der Waals surface area contributed by atoms with Crippen LogP contribution in [0.3, 0.4) is 0 Å². The Bertz CT molecular complexity index is 419. The zero-order valence-electron chi connectivity index (χ0n) is 11.3. The molecule has 0 aliphatic heterocycles. The number of nitrogens with two attached hydrogens (primary N) is 1. The van der Waals surface area contributed by atoms with Gasteiger partial charge in [-0.3, -0.25) is 0 Å². The Morgan fingerprint density at radius 3 is 2.47 bits per heavy atom. The maximum Gasteiger partial charge on any atom is 0.418 e. The predicted molar refractivity (Wildman–Crippen MR) is 70.2 cm³/mol. The Morgan fingerprint density at radius 2 is 1.95 bits per heavy atom. The highest BCUT2D eigenvalue weighted by Crippen LogP contribution is 2.35. The van der Waals surface area contributed by atoms with Gasteiger partial charge in [0.15, 0.2) is 0 Å². The van der Waals surface area contributed by atoms with E-state index in [9.17, 15) is 13.2 Å². The molecular weight excluding hydrogens is 257 g/mol. The van der Waals surface area contributed by atoms with Gasteiger partial charge in [0, 0.05) is 25.0 Å². The van der Waals surface area contributed by atoms with E-state index < -0.39 is 11.7 Å². The lowest BCUT2D eigenvalue weighted by atomic mass is 10.1. The van der Waals surface area contributed by atoms with Crippen molar-refractivity contribution in [2.24, 2.45) is 0 Å². The largest absolute Gasteiger partial charge is 0.418 e. The summed E-state index contributed by atoms with van der Waals surface area (Å²) < 4.78 is 43.5. The predicted octanol–water partition coefficient (Wildman–Crippen LogP) is 3.15. The Hall–Kier alpha value is -1.43. The van der Waals surface area contributed by atoms with Gasteiger partial charge in [-0.1, -0.05) is 0 Å². The van der Waals surface area contributed by atoms with E-state index >= 15 is 0 Å². The molecule has 108 valence electrons. The van der Waals surface area contributed by atoms with Crippen LogP contribution in [0.2, 0.25) is 0 Å². The van der Waals surface area contributed by atoms with Gasteiger partial charge in [0.25, 0.3) is 0 Å². The molecule has 6 heteroatoms. The summed E-state index contributed by atoms with van der Waals surface area (Å²) >= 11 is 0. The van der Waals surface area contributed by atoms with Gasteiger partial charge in [-0.05, 0) is 32.0 Å². The highest BCUT2D eigenvalue weighted by Gasteiger charge is 2.33. The third kappa shape index (κ3) is 4.63. The molecule has 0 amide bonds. The van der Waals surface area contributed by atoms with E-state index in [0.717, 1.165) is 6.07 Å². The van der Waals surface area contributed by atoms with Gasteiger partial charge in [-0.25, -0.2) is 0 Å². The lowest BCUT2D eigenvalue weighted by molar-refractivity contribution is -0.136. The van der Waals surface area contributed by atoms with Crippen LogP contribution in [0.5, 0.6) is 0 Å². The Balaban J connectivity index is 2.78. The molecule has 0 bridgehead atoms. The zero-order chi connectivity index (χ0) is 14.6. The van der Waals surface area contributed by atoms with Crippen molar-refractivity contribution in [2.45, 2.75) is 26.1 Å². The monoisotopic (exact) mass is 276 g/mol. The molecule has 0 fully saturated rings. The van der Waals surface area contributed by atoms with Crippen LogP contribution in [0.4, 0.5) is 24.5 Å². The van der Waals surface area contributed by atoms with Crippen LogP contribution in [-0.2, 0) is 10.9 Å². The van der Waals surface area contributed by atoms with E-state index in [2.05, 4.69) is 0 Å². The first-order valence-electron chi connectivity index (χ1n) is 6.01. The van der Waals surface area contributed by atoms with Gasteiger partial charge >= 0.3 is 6.18 Å². The number of likely N-dealkylation sites (N-methyl/N-ethyl adjacent to an activating group) is 1. The van der Waals surface area contributed by atoms with E-state index in [0.29, 0.717) is 18.8 Å². The summed E-state index contributed by atoms with van der Waals surface area (Å²) in [6, 6.07) is 3.91. The average molecular weight is 276 g/mol. The minimum absolute atomic E-state index is 0.102. The Kier molecular flexibility index (Phi) is 5.05. The highest BCUT2D eigenvalue weighted by atomic mass is 19.4. The number of benzene rings is 1. The van der Waals surface area contributed by atoms with E-state index in [1.807, 2.05) is 13.8 Å². The normalized spacial score (nSPS) is 11.9. The fourth-order valence-electron chi connectivity index (χ4n) is 1.58. The second kappa shape index (κ2) is 6.14. The molecule has 2 N–H and O–H groups in total. The number of anilines is 2. The van der Waals surface area contributed by atoms with Crippen molar-refractivity contribution in [1.82, 2.24) is 0 Å². The smallest absolute Gasteiger partial charge is 0.398 e. The number of halogens is 3. The van der Waals surface area contributed by atoms with Crippen LogP contribution in [0.15, 0.2) is 18.2 Å². The molecule has 0 heterocycles. The molecule has 19 heavy (non-hydrogen) atoms. The molecule has 1 aromatic rings. The Morgan fingerprint density at radius 1 is 1.32 bits per heavy atom. The van der Waals surface area contributed by atoms with Gasteiger partial charge in [0.2, 0.25) is 0 Å². The van der Waals surface area contributed by atoms with Crippen LogP contribution >= 0.6 is 0 Å². The van der Waals surface area contributed by atoms with Crippen molar-refractivity contribution in [2.75, 3.05) is 30.8 Å². The van der Waals surface area contributed by atoms with E-state index in [1.54, 1.807) is 18.0 Å². The van der Waals surface area contributed by atoms with Gasteiger partial charge in [-0.15, -0.1) is 0 Å². The molecule has 0 aromatic heterocycles. The van der Waals surface area contributed by atoms with Gasteiger partial charge in [-0.2, -0.15) is 13.2 Å². The van der Waals surface area contributed by atoms with E-state index in [1.165, 1.54) is 6.07 Å². The molecule has 1 rings (SSSR count). The molecule has 0 aliphatic carbocycles. The molecule has 0 saturated heterocycles. The molecule has 1 aromatic carbocycles.